The predicted octanol–water partition coefficient (Wildman–Crippen LogP) is 4.45. The van der Waals surface area contributed by atoms with Crippen LogP contribution in [-0.4, -0.2) is 11.7 Å². The summed E-state index contributed by atoms with van der Waals surface area (Å²) in [7, 11) is 0. The highest BCUT2D eigenvalue weighted by atomic mass is 35.5. The van der Waals surface area contributed by atoms with Crippen LogP contribution in [0.2, 0.25) is 10.0 Å². The van der Waals surface area contributed by atoms with Gasteiger partial charge in [-0.1, -0.05) is 41.4 Å². The van der Waals surface area contributed by atoms with Crippen molar-refractivity contribution in [2.45, 2.75) is 5.75 Å². The number of carbonyl (C=O) groups is 1. The summed E-state index contributed by atoms with van der Waals surface area (Å²) >= 11 is 13.4. The van der Waals surface area contributed by atoms with Crippen molar-refractivity contribution in [3.8, 4) is 0 Å². The standard InChI is InChI=1S/C15H14Cl2N2OS/c16-11-5-6-13(18)14(7-11)19-15(20)9-21-8-10-3-1-2-4-12(10)17/h1-7H,8-9,18H2,(H,19,20). The van der Waals surface area contributed by atoms with Gasteiger partial charge in [-0.05, 0) is 29.8 Å². The molecule has 3 N–H and O–H groups in total. The van der Waals surface area contributed by atoms with Crippen LogP contribution >= 0.6 is 35.0 Å². The van der Waals surface area contributed by atoms with E-state index in [9.17, 15) is 4.79 Å². The molecule has 0 radical (unpaired) electrons. The van der Waals surface area contributed by atoms with Crippen molar-refractivity contribution in [3.05, 3.63) is 58.1 Å². The van der Waals surface area contributed by atoms with Crippen molar-refractivity contribution in [3.63, 3.8) is 0 Å². The van der Waals surface area contributed by atoms with Gasteiger partial charge in [0.25, 0.3) is 0 Å². The van der Waals surface area contributed by atoms with Crippen LogP contribution in [0, 0.1) is 0 Å². The van der Waals surface area contributed by atoms with Crippen molar-refractivity contribution in [2.24, 2.45) is 0 Å². The molecule has 0 fully saturated rings. The first-order valence-corrected chi connectivity index (χ1v) is 8.13. The number of hydrogen-bond acceptors (Lipinski definition) is 3. The molecule has 110 valence electrons. The van der Waals surface area contributed by atoms with Gasteiger partial charge in [0.1, 0.15) is 0 Å². The lowest BCUT2D eigenvalue weighted by molar-refractivity contribution is -0.113. The van der Waals surface area contributed by atoms with E-state index in [4.69, 9.17) is 28.9 Å². The Morgan fingerprint density at radius 1 is 1.19 bits per heavy atom. The summed E-state index contributed by atoms with van der Waals surface area (Å²) < 4.78 is 0. The van der Waals surface area contributed by atoms with Crippen molar-refractivity contribution in [1.29, 1.82) is 0 Å². The second-order valence-corrected chi connectivity index (χ2v) is 6.19. The Bertz CT molecular complexity index is 649. The Morgan fingerprint density at radius 3 is 2.71 bits per heavy atom. The summed E-state index contributed by atoms with van der Waals surface area (Å²) in [5.41, 5.74) is 7.82. The zero-order valence-corrected chi connectivity index (χ0v) is 13.4. The Hall–Kier alpha value is -1.36. The quantitative estimate of drug-likeness (QED) is 0.790. The van der Waals surface area contributed by atoms with Crippen molar-refractivity contribution in [2.75, 3.05) is 16.8 Å². The van der Waals surface area contributed by atoms with Gasteiger partial charge in [-0.15, -0.1) is 11.8 Å². The SMILES string of the molecule is Nc1ccc(Cl)cc1NC(=O)CSCc1ccccc1Cl. The van der Waals surface area contributed by atoms with E-state index in [1.807, 2.05) is 24.3 Å². The third-order valence-corrected chi connectivity index (χ3v) is 4.32. The van der Waals surface area contributed by atoms with E-state index in [2.05, 4.69) is 5.32 Å². The zero-order valence-electron chi connectivity index (χ0n) is 11.1. The number of halogens is 2. The average molecular weight is 341 g/mol. The molecule has 0 aliphatic heterocycles. The molecule has 0 atom stereocenters. The monoisotopic (exact) mass is 340 g/mol. The molecule has 6 heteroatoms. The molecule has 2 rings (SSSR count). The fourth-order valence-electron chi connectivity index (χ4n) is 1.69. The molecule has 2 aromatic rings. The predicted molar refractivity (Wildman–Crippen MR) is 92.1 cm³/mol. The van der Waals surface area contributed by atoms with Gasteiger partial charge in [0.2, 0.25) is 5.91 Å². The van der Waals surface area contributed by atoms with E-state index in [0.29, 0.717) is 32.9 Å². The lowest BCUT2D eigenvalue weighted by Gasteiger charge is -2.09. The van der Waals surface area contributed by atoms with Crippen LogP contribution < -0.4 is 11.1 Å². The van der Waals surface area contributed by atoms with Crippen LogP contribution in [0.3, 0.4) is 0 Å². The van der Waals surface area contributed by atoms with Gasteiger partial charge in [0.05, 0.1) is 17.1 Å². The molecule has 21 heavy (non-hydrogen) atoms. The maximum Gasteiger partial charge on any atom is 0.234 e. The van der Waals surface area contributed by atoms with Gasteiger partial charge < -0.3 is 11.1 Å². The zero-order chi connectivity index (χ0) is 15.2. The number of nitrogens with one attached hydrogen (secondary N) is 1. The Balaban J connectivity index is 1.85. The van der Waals surface area contributed by atoms with E-state index in [1.54, 1.807) is 18.2 Å². The largest absolute Gasteiger partial charge is 0.397 e. The van der Waals surface area contributed by atoms with E-state index in [1.165, 1.54) is 11.8 Å². The fourth-order valence-corrected chi connectivity index (χ4v) is 2.98. The van der Waals surface area contributed by atoms with E-state index >= 15 is 0 Å². The maximum absolute atomic E-state index is 11.9. The molecule has 0 heterocycles. The first-order valence-electron chi connectivity index (χ1n) is 6.22. The summed E-state index contributed by atoms with van der Waals surface area (Å²) in [4.78, 5) is 11.9. The number of nitrogens with two attached hydrogens (primary N) is 1. The highest BCUT2D eigenvalue weighted by Crippen LogP contribution is 2.24. The van der Waals surface area contributed by atoms with Crippen LogP contribution in [0.4, 0.5) is 11.4 Å². The van der Waals surface area contributed by atoms with Crippen molar-refractivity contribution >= 4 is 52.2 Å². The summed E-state index contributed by atoms with van der Waals surface area (Å²) in [6.45, 7) is 0. The summed E-state index contributed by atoms with van der Waals surface area (Å²) in [6.07, 6.45) is 0. The molecular formula is C15H14Cl2N2OS. The lowest BCUT2D eigenvalue weighted by Crippen LogP contribution is -2.15. The fraction of sp³-hybridized carbons (Fsp3) is 0.133. The van der Waals surface area contributed by atoms with Gasteiger partial charge in [0, 0.05) is 15.8 Å². The number of anilines is 2. The Kier molecular flexibility index (Phi) is 5.79. The van der Waals surface area contributed by atoms with Gasteiger partial charge in [-0.2, -0.15) is 0 Å². The molecule has 2 aromatic carbocycles. The minimum atomic E-state index is -0.124. The second kappa shape index (κ2) is 7.59. The Labute approximate surface area is 137 Å². The topological polar surface area (TPSA) is 55.1 Å². The number of amides is 1. The van der Waals surface area contributed by atoms with E-state index in [0.717, 1.165) is 5.56 Å². The molecule has 0 saturated heterocycles. The highest BCUT2D eigenvalue weighted by molar-refractivity contribution is 7.99. The maximum atomic E-state index is 11.9. The normalized spacial score (nSPS) is 10.4. The molecule has 0 aliphatic rings. The number of benzene rings is 2. The van der Waals surface area contributed by atoms with Crippen LogP contribution in [0.15, 0.2) is 42.5 Å². The smallest absolute Gasteiger partial charge is 0.234 e. The highest BCUT2D eigenvalue weighted by Gasteiger charge is 2.07. The molecule has 0 unspecified atom stereocenters. The summed E-state index contributed by atoms with van der Waals surface area (Å²) in [5, 5.41) is 3.99. The molecule has 3 nitrogen and oxygen atoms in total. The average Bonchev–Trinajstić information content (AvgIpc) is 2.45. The molecule has 0 bridgehead atoms. The van der Waals surface area contributed by atoms with E-state index in [-0.39, 0.29) is 5.91 Å². The van der Waals surface area contributed by atoms with Crippen LogP contribution in [0.25, 0.3) is 0 Å². The first-order chi connectivity index (χ1) is 10.1. The van der Waals surface area contributed by atoms with Crippen LogP contribution in [0.5, 0.6) is 0 Å². The summed E-state index contributed by atoms with van der Waals surface area (Å²) in [5.74, 6) is 0.871. The lowest BCUT2D eigenvalue weighted by atomic mass is 10.2. The third-order valence-electron chi connectivity index (χ3n) is 2.74. The number of carbonyl (C=O) groups excluding carboxylic acids is 1. The number of nitrogen functional groups attached to an aromatic ring is 1. The number of rotatable bonds is 5. The minimum absolute atomic E-state index is 0.124. The van der Waals surface area contributed by atoms with Crippen molar-refractivity contribution in [1.82, 2.24) is 0 Å². The molecule has 0 spiro atoms. The number of hydrogen-bond donors (Lipinski definition) is 2. The Morgan fingerprint density at radius 2 is 1.95 bits per heavy atom. The molecular weight excluding hydrogens is 327 g/mol. The minimum Gasteiger partial charge on any atom is -0.397 e. The van der Waals surface area contributed by atoms with Gasteiger partial charge in [-0.25, -0.2) is 0 Å². The molecule has 1 amide bonds. The summed E-state index contributed by atoms with van der Waals surface area (Å²) in [6, 6.07) is 12.6. The molecule has 0 saturated carbocycles. The first kappa shape index (κ1) is 16.0. The van der Waals surface area contributed by atoms with Gasteiger partial charge >= 0.3 is 0 Å². The second-order valence-electron chi connectivity index (χ2n) is 4.36. The van der Waals surface area contributed by atoms with Crippen molar-refractivity contribution < 1.29 is 4.79 Å². The third kappa shape index (κ3) is 4.84. The van der Waals surface area contributed by atoms with Gasteiger partial charge in [0.15, 0.2) is 0 Å². The van der Waals surface area contributed by atoms with Gasteiger partial charge in [-0.3, -0.25) is 4.79 Å². The number of thioether (sulfide) groups is 1. The molecule has 0 aromatic heterocycles. The van der Waals surface area contributed by atoms with Crippen LogP contribution in [0.1, 0.15) is 5.56 Å². The van der Waals surface area contributed by atoms with E-state index < -0.39 is 0 Å². The molecule has 0 aliphatic carbocycles. The van der Waals surface area contributed by atoms with Crippen LogP contribution in [-0.2, 0) is 10.5 Å².